The van der Waals surface area contributed by atoms with Gasteiger partial charge in [-0.15, -0.1) is 0 Å². The van der Waals surface area contributed by atoms with Crippen molar-refractivity contribution in [2.45, 2.75) is 6.54 Å². The lowest BCUT2D eigenvalue weighted by molar-refractivity contribution is 0.475. The van der Waals surface area contributed by atoms with Gasteiger partial charge in [0.2, 0.25) is 5.28 Å². The number of halogens is 2. The number of aromatic nitrogens is 2. The fraction of sp³-hybridized carbons (Fsp3) is 0.0909. The molecule has 6 heteroatoms. The lowest BCUT2D eigenvalue weighted by atomic mass is 10.2. The van der Waals surface area contributed by atoms with Crippen LogP contribution in [0.15, 0.2) is 34.9 Å². The van der Waals surface area contributed by atoms with E-state index in [-0.39, 0.29) is 11.0 Å². The summed E-state index contributed by atoms with van der Waals surface area (Å²) in [5, 5.41) is 12.5. The molecule has 4 nitrogen and oxygen atoms in total. The topological polar surface area (TPSA) is 58.0 Å². The number of rotatable bonds is 3. The number of anilines is 1. The van der Waals surface area contributed by atoms with Crippen LogP contribution in [0.25, 0.3) is 0 Å². The van der Waals surface area contributed by atoms with Crippen LogP contribution in [0.4, 0.5) is 5.82 Å². The first kappa shape index (κ1) is 12.1. The molecule has 2 rings (SSSR count). The van der Waals surface area contributed by atoms with Crippen molar-refractivity contribution in [3.05, 3.63) is 45.8 Å². The Morgan fingerprint density at radius 2 is 2.00 bits per heavy atom. The molecule has 0 radical (unpaired) electrons. The summed E-state index contributed by atoms with van der Waals surface area (Å²) in [5.41, 5.74) is 1.03. The van der Waals surface area contributed by atoms with Crippen molar-refractivity contribution in [2.24, 2.45) is 0 Å². The molecule has 1 aromatic carbocycles. The number of aromatic hydroxyl groups is 1. The van der Waals surface area contributed by atoms with E-state index < -0.39 is 0 Å². The van der Waals surface area contributed by atoms with Crippen molar-refractivity contribution in [3.8, 4) is 5.75 Å². The van der Waals surface area contributed by atoms with Crippen LogP contribution in [0, 0.1) is 0 Å². The Labute approximate surface area is 112 Å². The van der Waals surface area contributed by atoms with Crippen molar-refractivity contribution < 1.29 is 5.11 Å². The van der Waals surface area contributed by atoms with Crippen LogP contribution in [-0.2, 0) is 6.54 Å². The Morgan fingerprint density at radius 1 is 1.29 bits per heavy atom. The molecule has 0 bridgehead atoms. The molecule has 0 atom stereocenters. The smallest absolute Gasteiger partial charge is 0.224 e. The molecule has 0 saturated carbocycles. The van der Waals surface area contributed by atoms with Crippen LogP contribution < -0.4 is 5.32 Å². The summed E-state index contributed by atoms with van der Waals surface area (Å²) < 4.78 is 0.751. The van der Waals surface area contributed by atoms with Gasteiger partial charge in [0, 0.05) is 12.7 Å². The summed E-state index contributed by atoms with van der Waals surface area (Å²) in [6.45, 7) is 0.590. The fourth-order valence-electron chi connectivity index (χ4n) is 1.27. The van der Waals surface area contributed by atoms with Gasteiger partial charge in [-0.1, -0.05) is 12.1 Å². The van der Waals surface area contributed by atoms with Crippen molar-refractivity contribution >= 4 is 33.3 Å². The minimum absolute atomic E-state index is 0.196. The lowest BCUT2D eigenvalue weighted by Crippen LogP contribution is -2.02. The minimum atomic E-state index is 0.196. The van der Waals surface area contributed by atoms with Crippen LogP contribution in [0.5, 0.6) is 5.75 Å². The van der Waals surface area contributed by atoms with Gasteiger partial charge in [-0.25, -0.2) is 4.98 Å². The first-order valence-corrected chi connectivity index (χ1v) is 6.02. The van der Waals surface area contributed by atoms with Crippen LogP contribution in [0.2, 0.25) is 5.28 Å². The number of nitrogens with one attached hydrogen (secondary N) is 1. The third-order valence-electron chi connectivity index (χ3n) is 2.11. The standard InChI is InChI=1S/C11H9BrClN3O/c12-9-6-15-11(13)16-10(9)14-5-7-1-3-8(17)4-2-7/h1-4,6,17H,5H2,(H,14,15,16). The number of hydrogen-bond acceptors (Lipinski definition) is 4. The van der Waals surface area contributed by atoms with E-state index in [0.717, 1.165) is 10.0 Å². The molecule has 2 N–H and O–H groups in total. The average molecular weight is 315 g/mol. The van der Waals surface area contributed by atoms with E-state index in [4.69, 9.17) is 16.7 Å². The van der Waals surface area contributed by atoms with Crippen molar-refractivity contribution in [3.63, 3.8) is 0 Å². The third kappa shape index (κ3) is 3.31. The molecule has 0 amide bonds. The second kappa shape index (κ2) is 5.33. The van der Waals surface area contributed by atoms with Gasteiger partial charge in [-0.2, -0.15) is 4.98 Å². The molecule has 0 aliphatic rings. The molecule has 0 aliphatic carbocycles. The van der Waals surface area contributed by atoms with Crippen molar-refractivity contribution in [2.75, 3.05) is 5.32 Å². The average Bonchev–Trinajstić information content (AvgIpc) is 2.32. The second-order valence-electron chi connectivity index (χ2n) is 3.36. The van der Waals surface area contributed by atoms with E-state index in [1.165, 1.54) is 0 Å². The van der Waals surface area contributed by atoms with Gasteiger partial charge < -0.3 is 10.4 Å². The molecular formula is C11H9BrClN3O. The van der Waals surface area contributed by atoms with Gasteiger partial charge in [-0.05, 0) is 45.2 Å². The summed E-state index contributed by atoms with van der Waals surface area (Å²) in [5.74, 6) is 0.887. The van der Waals surface area contributed by atoms with Crippen LogP contribution >= 0.6 is 27.5 Å². The Hall–Kier alpha value is -1.33. The summed E-state index contributed by atoms with van der Waals surface area (Å²) in [4.78, 5) is 7.89. The molecular weight excluding hydrogens is 305 g/mol. The molecule has 17 heavy (non-hydrogen) atoms. The van der Waals surface area contributed by atoms with E-state index in [9.17, 15) is 0 Å². The fourth-order valence-corrected chi connectivity index (χ4v) is 1.73. The summed E-state index contributed by atoms with van der Waals surface area (Å²) >= 11 is 9.03. The van der Waals surface area contributed by atoms with E-state index >= 15 is 0 Å². The first-order valence-electron chi connectivity index (χ1n) is 4.85. The van der Waals surface area contributed by atoms with E-state index in [2.05, 4.69) is 31.2 Å². The first-order chi connectivity index (χ1) is 8.15. The molecule has 1 heterocycles. The number of phenols is 1. The Kier molecular flexibility index (Phi) is 3.81. The van der Waals surface area contributed by atoms with Gasteiger partial charge in [-0.3, -0.25) is 0 Å². The highest BCUT2D eigenvalue weighted by molar-refractivity contribution is 9.10. The maximum absolute atomic E-state index is 9.16. The molecule has 0 fully saturated rings. The summed E-state index contributed by atoms with van der Waals surface area (Å²) in [6.07, 6.45) is 1.59. The Bertz CT molecular complexity index is 519. The van der Waals surface area contributed by atoms with Crippen molar-refractivity contribution in [1.82, 2.24) is 9.97 Å². The maximum Gasteiger partial charge on any atom is 0.224 e. The molecule has 0 aliphatic heterocycles. The molecule has 0 unspecified atom stereocenters. The zero-order valence-corrected chi connectivity index (χ0v) is 11.0. The predicted octanol–water partition coefficient (Wildman–Crippen LogP) is 3.21. The van der Waals surface area contributed by atoms with Gasteiger partial charge in [0.25, 0.3) is 0 Å². The van der Waals surface area contributed by atoms with Crippen LogP contribution in [0.3, 0.4) is 0 Å². The maximum atomic E-state index is 9.16. The van der Waals surface area contributed by atoms with E-state index in [1.807, 2.05) is 12.1 Å². The quantitative estimate of drug-likeness (QED) is 0.854. The highest BCUT2D eigenvalue weighted by Gasteiger charge is 2.03. The second-order valence-corrected chi connectivity index (χ2v) is 4.55. The van der Waals surface area contributed by atoms with Gasteiger partial charge in [0.15, 0.2) is 0 Å². The largest absolute Gasteiger partial charge is 0.508 e. The SMILES string of the molecule is Oc1ccc(CNc2nc(Cl)ncc2Br)cc1. The number of nitrogens with zero attached hydrogens (tertiary/aromatic N) is 2. The van der Waals surface area contributed by atoms with Gasteiger partial charge >= 0.3 is 0 Å². The Morgan fingerprint density at radius 3 is 2.71 bits per heavy atom. The van der Waals surface area contributed by atoms with E-state index in [1.54, 1.807) is 18.3 Å². The summed E-state index contributed by atoms with van der Waals surface area (Å²) in [7, 11) is 0. The van der Waals surface area contributed by atoms with Gasteiger partial charge in [0.1, 0.15) is 11.6 Å². The Balaban J connectivity index is 2.07. The normalized spacial score (nSPS) is 10.2. The highest BCUT2D eigenvalue weighted by atomic mass is 79.9. The molecule has 1 aromatic heterocycles. The van der Waals surface area contributed by atoms with Crippen LogP contribution in [-0.4, -0.2) is 15.1 Å². The zero-order chi connectivity index (χ0) is 12.3. The van der Waals surface area contributed by atoms with Crippen molar-refractivity contribution in [1.29, 1.82) is 0 Å². The molecule has 0 spiro atoms. The summed E-state index contributed by atoms with van der Waals surface area (Å²) in [6, 6.07) is 6.94. The monoisotopic (exact) mass is 313 g/mol. The van der Waals surface area contributed by atoms with Crippen LogP contribution in [0.1, 0.15) is 5.56 Å². The van der Waals surface area contributed by atoms with E-state index in [0.29, 0.717) is 12.4 Å². The lowest BCUT2D eigenvalue weighted by Gasteiger charge is -2.07. The third-order valence-corrected chi connectivity index (χ3v) is 2.87. The molecule has 88 valence electrons. The number of hydrogen-bond donors (Lipinski definition) is 2. The predicted molar refractivity (Wildman–Crippen MR) is 70.2 cm³/mol. The molecule has 0 saturated heterocycles. The number of benzene rings is 1. The minimum Gasteiger partial charge on any atom is -0.508 e. The molecule has 2 aromatic rings. The highest BCUT2D eigenvalue weighted by Crippen LogP contribution is 2.21. The number of phenolic OH excluding ortho intramolecular Hbond substituents is 1. The van der Waals surface area contributed by atoms with Gasteiger partial charge in [0.05, 0.1) is 4.47 Å². The zero-order valence-electron chi connectivity index (χ0n) is 8.69.